The number of amides is 1. The molecule has 0 bridgehead atoms. The van der Waals surface area contributed by atoms with Gasteiger partial charge in [-0.1, -0.05) is 30.3 Å². The van der Waals surface area contributed by atoms with Crippen molar-refractivity contribution in [2.24, 2.45) is 29.4 Å². The van der Waals surface area contributed by atoms with E-state index in [1.54, 1.807) is 20.2 Å². The molecule has 2 aromatic rings. The largest absolute Gasteiger partial charge is 0.507 e. The van der Waals surface area contributed by atoms with Gasteiger partial charge in [-0.3, -0.25) is 33.8 Å². The maximum atomic E-state index is 13.9. The van der Waals surface area contributed by atoms with Crippen LogP contribution in [0, 0.1) is 23.7 Å². The molecule has 6 atom stereocenters. The Hall–Kier alpha value is -3.80. The number of fused-ring (bicyclic) bond motifs is 3. The van der Waals surface area contributed by atoms with Crippen molar-refractivity contribution < 1.29 is 38.6 Å². The number of phenols is 1. The first-order valence-electron chi connectivity index (χ1n) is 13.9. The zero-order valence-corrected chi connectivity index (χ0v) is 23.7. The number of Topliss-reactive ketones (excluding diaryl/α,β-unsaturated/α-hetero) is 4. The number of aliphatic hydroxyl groups is 1. The number of nitrogens with zero attached hydrogens (tertiary/aromatic N) is 2. The van der Waals surface area contributed by atoms with E-state index in [2.05, 4.69) is 0 Å². The lowest BCUT2D eigenvalue weighted by Crippen LogP contribution is -2.74. The van der Waals surface area contributed by atoms with E-state index in [4.69, 9.17) is 5.73 Å². The number of rotatable bonds is 7. The lowest BCUT2D eigenvalue weighted by Gasteiger charge is -2.52. The van der Waals surface area contributed by atoms with Gasteiger partial charge in [-0.2, -0.15) is 0 Å². The molecule has 42 heavy (non-hydrogen) atoms. The summed E-state index contributed by atoms with van der Waals surface area (Å²) < 4.78 is 12.7. The molecule has 4 N–H and O–H groups in total. The Morgan fingerprint density at radius 3 is 2.31 bits per heavy atom. The van der Waals surface area contributed by atoms with Gasteiger partial charge in [-0.05, 0) is 68.2 Å². The van der Waals surface area contributed by atoms with Crippen molar-refractivity contribution in [1.29, 1.82) is 0 Å². The van der Waals surface area contributed by atoms with E-state index in [1.807, 2.05) is 36.2 Å². The number of halogens is 1. The van der Waals surface area contributed by atoms with Gasteiger partial charge in [0.15, 0.2) is 34.7 Å². The maximum absolute atomic E-state index is 13.9. The molecule has 222 valence electrons. The van der Waals surface area contributed by atoms with E-state index >= 15 is 0 Å². The summed E-state index contributed by atoms with van der Waals surface area (Å²) in [6, 6.07) is 9.46. The minimum absolute atomic E-state index is 0.0150. The van der Waals surface area contributed by atoms with Crippen LogP contribution < -0.4 is 5.73 Å². The summed E-state index contributed by atoms with van der Waals surface area (Å²) in [5, 5.41) is 22.5. The van der Waals surface area contributed by atoms with Crippen molar-refractivity contribution in [3.8, 4) is 16.9 Å². The van der Waals surface area contributed by atoms with Gasteiger partial charge in [0.25, 0.3) is 0 Å². The van der Waals surface area contributed by atoms with Crippen molar-refractivity contribution in [1.82, 2.24) is 9.80 Å². The number of benzene rings is 2. The summed E-state index contributed by atoms with van der Waals surface area (Å²) >= 11 is 0. The molecule has 3 aliphatic rings. The number of hydrogen-bond acceptors (Lipinski definition) is 9. The van der Waals surface area contributed by atoms with Crippen LogP contribution in [0.15, 0.2) is 36.4 Å². The monoisotopic (exact) mass is 579 g/mol. The van der Waals surface area contributed by atoms with Crippen molar-refractivity contribution in [2.45, 2.75) is 31.0 Å². The summed E-state index contributed by atoms with van der Waals surface area (Å²) in [6.07, 6.45) is 0.162. The van der Waals surface area contributed by atoms with Gasteiger partial charge in [0.2, 0.25) is 5.91 Å². The molecule has 0 aromatic heterocycles. The van der Waals surface area contributed by atoms with Gasteiger partial charge in [0.1, 0.15) is 12.4 Å². The fourth-order valence-corrected chi connectivity index (χ4v) is 7.20. The third kappa shape index (κ3) is 4.47. The summed E-state index contributed by atoms with van der Waals surface area (Å²) in [5.41, 5.74) is 5.50. The molecule has 0 spiro atoms. The average Bonchev–Trinajstić information content (AvgIpc) is 2.91. The van der Waals surface area contributed by atoms with Crippen LogP contribution in [0.5, 0.6) is 5.75 Å². The molecular weight excluding hydrogens is 545 g/mol. The van der Waals surface area contributed by atoms with E-state index in [1.165, 1.54) is 11.0 Å². The van der Waals surface area contributed by atoms with Crippen molar-refractivity contribution >= 4 is 29.0 Å². The van der Waals surface area contributed by atoms with Gasteiger partial charge in [0.05, 0.1) is 17.5 Å². The molecule has 11 heteroatoms. The number of ketones is 4. The van der Waals surface area contributed by atoms with E-state index in [-0.39, 0.29) is 24.2 Å². The SMILES string of the molecule is CN(CCF)Cc1ccc(-c2ccc(O)c3c2CC2CC4C(N(C)C)C(=O)C(C(N)=O)C(=O)C4(O)C(=O)C2C3=O)cc1. The van der Waals surface area contributed by atoms with Gasteiger partial charge in [-0.15, -0.1) is 0 Å². The first-order chi connectivity index (χ1) is 19.8. The van der Waals surface area contributed by atoms with Gasteiger partial charge in [0, 0.05) is 19.0 Å². The Morgan fingerprint density at radius 2 is 1.71 bits per heavy atom. The third-order valence-electron chi connectivity index (χ3n) is 9.13. The van der Waals surface area contributed by atoms with E-state index in [9.17, 15) is 38.6 Å². The van der Waals surface area contributed by atoms with E-state index in [0.717, 1.165) is 11.1 Å². The fraction of sp³-hybridized carbons (Fsp3) is 0.452. The van der Waals surface area contributed by atoms with Crippen LogP contribution in [0.2, 0.25) is 0 Å². The standard InChI is InChI=1S/C31H34FN3O7/c1-34(2)25-20-13-17-12-19-18(16-6-4-15(5-7-16)14-35(3)11-10-32)8-9-21(36)23(19)26(37)22(17)28(39)31(20,42)29(40)24(27(25)38)30(33)41/h4-9,17,20,22,24-25,36,42H,10-14H2,1-3H3,(H2,33,41). The Balaban J connectivity index is 1.56. The first kappa shape index (κ1) is 29.7. The summed E-state index contributed by atoms with van der Waals surface area (Å²) in [6.45, 7) is 0.407. The minimum Gasteiger partial charge on any atom is -0.507 e. The smallest absolute Gasteiger partial charge is 0.235 e. The van der Waals surface area contributed by atoms with Crippen molar-refractivity contribution in [2.75, 3.05) is 34.4 Å². The van der Waals surface area contributed by atoms with E-state index in [0.29, 0.717) is 24.2 Å². The van der Waals surface area contributed by atoms with Gasteiger partial charge in [-0.25, -0.2) is 4.39 Å². The second-order valence-electron chi connectivity index (χ2n) is 11.9. The summed E-state index contributed by atoms with van der Waals surface area (Å²) in [7, 11) is 4.91. The highest BCUT2D eigenvalue weighted by Gasteiger charge is 2.69. The molecule has 3 aliphatic carbocycles. The summed E-state index contributed by atoms with van der Waals surface area (Å²) in [4.78, 5) is 69.9. The highest BCUT2D eigenvalue weighted by Crippen LogP contribution is 2.51. The normalized spacial score (nSPS) is 29.0. The number of phenolic OH excluding ortho intramolecular Hbond substituents is 1. The van der Waals surface area contributed by atoms with Crippen LogP contribution in [0.3, 0.4) is 0 Å². The zero-order valence-electron chi connectivity index (χ0n) is 23.7. The first-order valence-corrected chi connectivity index (χ1v) is 13.9. The van der Waals surface area contributed by atoms with Crippen LogP contribution in [0.25, 0.3) is 11.1 Å². The Kier molecular flexibility index (Phi) is 7.63. The Labute approximate surface area is 242 Å². The predicted molar refractivity (Wildman–Crippen MR) is 149 cm³/mol. The molecular formula is C31H34FN3O7. The Morgan fingerprint density at radius 1 is 1.05 bits per heavy atom. The molecule has 0 aliphatic heterocycles. The highest BCUT2D eigenvalue weighted by molar-refractivity contribution is 6.32. The van der Waals surface area contributed by atoms with E-state index < -0.39 is 71.0 Å². The minimum atomic E-state index is -2.75. The molecule has 2 aromatic carbocycles. The van der Waals surface area contributed by atoms with Crippen molar-refractivity contribution in [3.05, 3.63) is 53.1 Å². The second-order valence-corrected chi connectivity index (χ2v) is 11.9. The van der Waals surface area contributed by atoms with Crippen LogP contribution in [-0.2, 0) is 32.1 Å². The number of nitrogens with two attached hydrogens (primary N) is 1. The lowest BCUT2D eigenvalue weighted by molar-refractivity contribution is -0.181. The number of likely N-dealkylation sites (N-methyl/N-ethyl adjacent to an activating group) is 1. The molecule has 0 saturated heterocycles. The maximum Gasteiger partial charge on any atom is 0.235 e. The number of aromatic hydroxyl groups is 1. The molecule has 1 amide bonds. The van der Waals surface area contributed by atoms with Crippen molar-refractivity contribution in [3.63, 3.8) is 0 Å². The number of hydrogen-bond donors (Lipinski definition) is 3. The van der Waals surface area contributed by atoms with Gasteiger partial charge >= 0.3 is 0 Å². The topological polar surface area (TPSA) is 158 Å². The van der Waals surface area contributed by atoms with Gasteiger partial charge < -0.3 is 15.9 Å². The number of primary amides is 1. The molecule has 6 unspecified atom stereocenters. The Bertz CT molecular complexity index is 1490. The predicted octanol–water partition coefficient (Wildman–Crippen LogP) is 0.935. The number of carbonyl (C=O) groups is 5. The number of carbonyl (C=O) groups excluding carboxylic acids is 5. The summed E-state index contributed by atoms with van der Waals surface area (Å²) in [5.74, 6) is -10.7. The quantitative estimate of drug-likeness (QED) is 0.406. The molecule has 2 fully saturated rings. The van der Waals surface area contributed by atoms with Crippen LogP contribution in [0.1, 0.15) is 27.9 Å². The molecule has 10 nitrogen and oxygen atoms in total. The second kappa shape index (κ2) is 10.8. The third-order valence-corrected chi connectivity index (χ3v) is 9.13. The average molecular weight is 580 g/mol. The molecule has 0 radical (unpaired) electrons. The van der Waals surface area contributed by atoms with Crippen LogP contribution >= 0.6 is 0 Å². The molecule has 2 saturated carbocycles. The van der Waals surface area contributed by atoms with Crippen LogP contribution in [-0.4, -0.2) is 95.1 Å². The molecule has 0 heterocycles. The van der Waals surface area contributed by atoms with Crippen LogP contribution in [0.4, 0.5) is 4.39 Å². The zero-order chi connectivity index (χ0) is 30.7. The highest BCUT2D eigenvalue weighted by atomic mass is 19.1. The fourth-order valence-electron chi connectivity index (χ4n) is 7.20. The number of alkyl halides is 1. The lowest BCUT2D eigenvalue weighted by atomic mass is 9.52. The molecule has 5 rings (SSSR count).